The van der Waals surface area contributed by atoms with Gasteiger partial charge in [-0.15, -0.1) is 0 Å². The maximum atomic E-state index is 13.5. The predicted octanol–water partition coefficient (Wildman–Crippen LogP) is 4.08. The van der Waals surface area contributed by atoms with E-state index in [0.29, 0.717) is 28.6 Å². The summed E-state index contributed by atoms with van der Waals surface area (Å²) in [5.41, 5.74) is 0.922. The Labute approximate surface area is 199 Å². The lowest BCUT2D eigenvalue weighted by Gasteiger charge is -2.34. The van der Waals surface area contributed by atoms with Gasteiger partial charge in [-0.05, 0) is 74.5 Å². The van der Waals surface area contributed by atoms with E-state index >= 15 is 0 Å². The number of nitrogens with zero attached hydrogens (tertiary/aromatic N) is 1. The first-order valence-electron chi connectivity index (χ1n) is 10.8. The maximum Gasteiger partial charge on any atom is 0.267 e. The summed E-state index contributed by atoms with van der Waals surface area (Å²) in [4.78, 5) is 13.1. The minimum Gasteiger partial charge on any atom is -0.497 e. The number of nitrogens with one attached hydrogen (secondary N) is 1. The average molecular weight is 483 g/mol. The van der Waals surface area contributed by atoms with E-state index < -0.39 is 22.0 Å². The van der Waals surface area contributed by atoms with Crippen LogP contribution >= 0.6 is 0 Å². The number of hydrogen-bond acceptors (Lipinski definition) is 6. The minimum absolute atomic E-state index is 0.0368. The summed E-state index contributed by atoms with van der Waals surface area (Å²) in [6, 6.07) is 19.8. The van der Waals surface area contributed by atoms with Crippen molar-refractivity contribution < 1.29 is 27.4 Å². The summed E-state index contributed by atoms with van der Waals surface area (Å²) < 4.78 is 44.8. The molecule has 0 aliphatic carbocycles. The smallest absolute Gasteiger partial charge is 0.267 e. The largest absolute Gasteiger partial charge is 0.497 e. The van der Waals surface area contributed by atoms with Gasteiger partial charge in [0.2, 0.25) is 0 Å². The Kier molecular flexibility index (Phi) is 6.65. The number of methoxy groups -OCH3 is 1. The predicted molar refractivity (Wildman–Crippen MR) is 129 cm³/mol. The van der Waals surface area contributed by atoms with Gasteiger partial charge < -0.3 is 19.5 Å². The summed E-state index contributed by atoms with van der Waals surface area (Å²) in [7, 11) is -2.45. The van der Waals surface area contributed by atoms with E-state index in [1.165, 1.54) is 23.5 Å². The number of fused-ring (bicyclic) bond motifs is 1. The van der Waals surface area contributed by atoms with Crippen LogP contribution in [0, 0.1) is 0 Å². The van der Waals surface area contributed by atoms with Crippen molar-refractivity contribution in [1.82, 2.24) is 0 Å². The number of hydrogen-bond donors (Lipinski definition) is 1. The van der Waals surface area contributed by atoms with Crippen LogP contribution in [0.5, 0.6) is 17.2 Å². The van der Waals surface area contributed by atoms with Crippen LogP contribution in [-0.2, 0) is 14.8 Å². The Morgan fingerprint density at radius 2 is 1.65 bits per heavy atom. The summed E-state index contributed by atoms with van der Waals surface area (Å²) in [5.74, 6) is 1.09. The van der Waals surface area contributed by atoms with Crippen molar-refractivity contribution in [3.05, 3.63) is 72.8 Å². The summed E-state index contributed by atoms with van der Waals surface area (Å²) in [6.45, 7) is 3.69. The molecule has 1 aliphatic heterocycles. The monoisotopic (exact) mass is 482 g/mol. The van der Waals surface area contributed by atoms with E-state index in [4.69, 9.17) is 14.2 Å². The molecule has 34 heavy (non-hydrogen) atoms. The zero-order valence-electron chi connectivity index (χ0n) is 19.1. The zero-order valence-corrected chi connectivity index (χ0v) is 19.9. The highest BCUT2D eigenvalue weighted by Crippen LogP contribution is 2.37. The van der Waals surface area contributed by atoms with Gasteiger partial charge in [0.05, 0.1) is 30.3 Å². The Morgan fingerprint density at radius 1 is 1.00 bits per heavy atom. The number of rotatable bonds is 7. The second-order valence-electron chi connectivity index (χ2n) is 7.97. The molecule has 0 spiro atoms. The fourth-order valence-corrected chi connectivity index (χ4v) is 5.03. The van der Waals surface area contributed by atoms with E-state index in [1.54, 1.807) is 60.7 Å². The zero-order chi connectivity index (χ0) is 24.3. The fourth-order valence-electron chi connectivity index (χ4n) is 3.55. The number of carbonyl (C=O) groups excluding carboxylic acids is 1. The van der Waals surface area contributed by atoms with E-state index in [2.05, 4.69) is 5.32 Å². The molecular formula is C25H26N2O6S. The molecule has 0 radical (unpaired) electrons. The van der Waals surface area contributed by atoms with Gasteiger partial charge in [-0.25, -0.2) is 8.42 Å². The second kappa shape index (κ2) is 9.64. The van der Waals surface area contributed by atoms with E-state index in [-0.39, 0.29) is 17.5 Å². The first-order chi connectivity index (χ1) is 16.3. The Bertz CT molecular complexity index is 1260. The van der Waals surface area contributed by atoms with E-state index in [1.807, 2.05) is 13.8 Å². The quantitative estimate of drug-likeness (QED) is 0.546. The molecule has 178 valence electrons. The first-order valence-corrected chi connectivity index (χ1v) is 12.2. The maximum absolute atomic E-state index is 13.5. The van der Waals surface area contributed by atoms with Crippen molar-refractivity contribution >= 4 is 27.3 Å². The van der Waals surface area contributed by atoms with Crippen molar-refractivity contribution in [1.29, 1.82) is 0 Å². The van der Waals surface area contributed by atoms with Crippen molar-refractivity contribution in [2.24, 2.45) is 0 Å². The number of carbonyl (C=O) groups is 1. The Hall–Kier alpha value is -3.72. The number of sulfonamides is 1. The van der Waals surface area contributed by atoms with Crippen molar-refractivity contribution in [2.45, 2.75) is 31.0 Å². The fraction of sp³-hybridized carbons (Fsp3) is 0.240. The van der Waals surface area contributed by atoms with Crippen LogP contribution in [0.3, 0.4) is 0 Å². The molecule has 1 aliphatic rings. The first kappa shape index (κ1) is 23.4. The van der Waals surface area contributed by atoms with Gasteiger partial charge in [0, 0.05) is 5.69 Å². The number of benzene rings is 3. The molecule has 8 nitrogen and oxygen atoms in total. The van der Waals surface area contributed by atoms with Gasteiger partial charge >= 0.3 is 0 Å². The highest BCUT2D eigenvalue weighted by Gasteiger charge is 2.37. The third-order valence-corrected chi connectivity index (χ3v) is 6.96. The van der Waals surface area contributed by atoms with Crippen LogP contribution in [0.15, 0.2) is 77.7 Å². The van der Waals surface area contributed by atoms with Gasteiger partial charge in [0.1, 0.15) is 17.2 Å². The van der Waals surface area contributed by atoms with Crippen LogP contribution in [0.25, 0.3) is 0 Å². The van der Waals surface area contributed by atoms with E-state index in [0.717, 1.165) is 0 Å². The molecule has 1 atom stereocenters. The summed E-state index contributed by atoms with van der Waals surface area (Å²) in [6.07, 6.45) is -1.01. The molecule has 3 aromatic carbocycles. The summed E-state index contributed by atoms with van der Waals surface area (Å²) >= 11 is 0. The number of anilines is 2. The SMILES string of the molecule is COc1ccc(S(=O)(=O)N2C[C@H](C(=O)Nc3ccc(OC(C)C)cc3)Oc3ccccc32)cc1. The van der Waals surface area contributed by atoms with Gasteiger partial charge in [-0.3, -0.25) is 9.10 Å². The molecule has 4 rings (SSSR count). The average Bonchev–Trinajstić information content (AvgIpc) is 2.84. The molecule has 1 amide bonds. The molecule has 0 saturated heterocycles. The standard InChI is InChI=1S/C25H26N2O6S/c1-17(2)32-20-10-8-18(9-11-20)26-25(28)24-16-27(22-6-4-5-7-23(22)33-24)34(29,30)21-14-12-19(31-3)13-15-21/h4-15,17,24H,16H2,1-3H3,(H,26,28)/t24-/m1/s1. The topological polar surface area (TPSA) is 94.2 Å². The van der Waals surface area contributed by atoms with Crippen LogP contribution < -0.4 is 23.8 Å². The third-order valence-electron chi connectivity index (χ3n) is 5.17. The summed E-state index contributed by atoms with van der Waals surface area (Å²) in [5, 5.41) is 2.79. The van der Waals surface area contributed by atoms with E-state index in [9.17, 15) is 13.2 Å². The van der Waals surface area contributed by atoms with Gasteiger partial charge in [0.25, 0.3) is 15.9 Å². The van der Waals surface area contributed by atoms with Gasteiger partial charge in [-0.2, -0.15) is 0 Å². The molecule has 3 aromatic rings. The molecular weight excluding hydrogens is 456 g/mol. The molecule has 0 aromatic heterocycles. The lowest BCUT2D eigenvalue weighted by atomic mass is 10.2. The number of para-hydroxylation sites is 2. The van der Waals surface area contributed by atoms with Crippen LogP contribution in [0.4, 0.5) is 11.4 Å². The molecule has 1 heterocycles. The number of amides is 1. The van der Waals surface area contributed by atoms with Crippen molar-refractivity contribution in [3.63, 3.8) is 0 Å². The number of ether oxygens (including phenoxy) is 3. The Morgan fingerprint density at radius 3 is 2.29 bits per heavy atom. The Balaban J connectivity index is 1.58. The molecule has 9 heteroatoms. The van der Waals surface area contributed by atoms with Gasteiger partial charge in [0.15, 0.2) is 6.10 Å². The molecule has 1 N–H and O–H groups in total. The minimum atomic E-state index is -3.96. The second-order valence-corrected chi connectivity index (χ2v) is 9.83. The van der Waals surface area contributed by atoms with Crippen LogP contribution in [-0.4, -0.2) is 40.2 Å². The lowest BCUT2D eigenvalue weighted by Crippen LogP contribution is -2.48. The third kappa shape index (κ3) is 4.94. The van der Waals surface area contributed by atoms with Gasteiger partial charge in [-0.1, -0.05) is 12.1 Å². The van der Waals surface area contributed by atoms with Crippen molar-refractivity contribution in [2.75, 3.05) is 23.3 Å². The van der Waals surface area contributed by atoms with Crippen LogP contribution in [0.2, 0.25) is 0 Å². The highest BCUT2D eigenvalue weighted by molar-refractivity contribution is 7.92. The molecule has 0 bridgehead atoms. The molecule has 0 fully saturated rings. The van der Waals surface area contributed by atoms with Crippen molar-refractivity contribution in [3.8, 4) is 17.2 Å². The molecule has 0 saturated carbocycles. The lowest BCUT2D eigenvalue weighted by molar-refractivity contribution is -0.122. The van der Waals surface area contributed by atoms with Crippen LogP contribution in [0.1, 0.15) is 13.8 Å². The normalized spacial score (nSPS) is 15.3. The molecule has 0 unspecified atom stereocenters. The highest BCUT2D eigenvalue weighted by atomic mass is 32.2.